The molecule has 0 unspecified atom stereocenters. The van der Waals surface area contributed by atoms with Gasteiger partial charge in [-0.05, 0) is 30.3 Å². The number of nitrogens with one attached hydrogen (secondary N) is 2. The minimum Gasteiger partial charge on any atom is -0.495 e. The molecular weight excluding hydrogens is 392 g/mol. The van der Waals surface area contributed by atoms with Crippen molar-refractivity contribution in [3.63, 3.8) is 0 Å². The van der Waals surface area contributed by atoms with E-state index >= 15 is 0 Å². The Morgan fingerprint density at radius 3 is 2.55 bits per heavy atom. The predicted octanol–water partition coefficient (Wildman–Crippen LogP) is 3.35. The number of likely N-dealkylation sites (N-methyl/N-ethyl adjacent to an activating group) is 1. The SMILES string of the molecule is COc1ccc(NC(C)=O)cc1NC(=O)CN(C)c1nc2c(OC)cccc2s1. The first kappa shape index (κ1) is 20.4. The Balaban J connectivity index is 1.74. The van der Waals surface area contributed by atoms with Crippen LogP contribution in [0.25, 0.3) is 10.2 Å². The van der Waals surface area contributed by atoms with E-state index in [2.05, 4.69) is 15.6 Å². The molecule has 2 aromatic carbocycles. The maximum Gasteiger partial charge on any atom is 0.244 e. The lowest BCUT2D eigenvalue weighted by Gasteiger charge is -2.17. The minimum absolute atomic E-state index is 0.0929. The van der Waals surface area contributed by atoms with E-state index in [-0.39, 0.29) is 18.4 Å². The van der Waals surface area contributed by atoms with Crippen molar-refractivity contribution in [3.8, 4) is 11.5 Å². The van der Waals surface area contributed by atoms with Gasteiger partial charge in [-0.1, -0.05) is 17.4 Å². The summed E-state index contributed by atoms with van der Waals surface area (Å²) in [6.07, 6.45) is 0. The van der Waals surface area contributed by atoms with Crippen LogP contribution in [0.4, 0.5) is 16.5 Å². The van der Waals surface area contributed by atoms with Crippen LogP contribution in [0, 0.1) is 0 Å². The van der Waals surface area contributed by atoms with Crippen molar-refractivity contribution in [2.75, 3.05) is 43.3 Å². The number of ether oxygens (including phenoxy) is 2. The van der Waals surface area contributed by atoms with E-state index < -0.39 is 0 Å². The number of benzene rings is 2. The molecule has 29 heavy (non-hydrogen) atoms. The zero-order valence-electron chi connectivity index (χ0n) is 16.6. The fourth-order valence-corrected chi connectivity index (χ4v) is 3.74. The Labute approximate surface area is 172 Å². The number of anilines is 3. The second-order valence-corrected chi connectivity index (χ2v) is 7.31. The number of para-hydroxylation sites is 1. The third kappa shape index (κ3) is 4.75. The van der Waals surface area contributed by atoms with Crippen LogP contribution >= 0.6 is 11.3 Å². The molecule has 0 saturated carbocycles. The molecule has 8 nitrogen and oxygen atoms in total. The standard InChI is InChI=1S/C20H22N4O4S/c1-12(25)21-13-8-9-15(27-3)14(10-13)22-18(26)11-24(2)20-23-19-16(28-4)6-5-7-17(19)29-20/h5-10H,11H2,1-4H3,(H,21,25)(H,22,26). The molecule has 0 aliphatic carbocycles. The third-order valence-corrected chi connectivity index (χ3v) is 5.23. The van der Waals surface area contributed by atoms with Gasteiger partial charge in [0.1, 0.15) is 17.0 Å². The fourth-order valence-electron chi connectivity index (χ4n) is 2.80. The van der Waals surface area contributed by atoms with Crippen LogP contribution in [0.1, 0.15) is 6.92 Å². The number of thiazole rings is 1. The van der Waals surface area contributed by atoms with Gasteiger partial charge in [-0.2, -0.15) is 0 Å². The number of aromatic nitrogens is 1. The number of carbonyl (C=O) groups is 2. The molecule has 0 spiro atoms. The van der Waals surface area contributed by atoms with Gasteiger partial charge in [0.15, 0.2) is 5.13 Å². The molecule has 9 heteroatoms. The van der Waals surface area contributed by atoms with Crippen molar-refractivity contribution in [1.29, 1.82) is 0 Å². The number of fused-ring (bicyclic) bond motifs is 1. The molecule has 0 fully saturated rings. The lowest BCUT2D eigenvalue weighted by molar-refractivity contribution is -0.115. The molecule has 0 aliphatic heterocycles. The van der Waals surface area contributed by atoms with Crippen molar-refractivity contribution >= 4 is 49.9 Å². The quantitative estimate of drug-likeness (QED) is 0.616. The smallest absolute Gasteiger partial charge is 0.244 e. The highest BCUT2D eigenvalue weighted by molar-refractivity contribution is 7.22. The molecule has 0 radical (unpaired) electrons. The molecule has 3 rings (SSSR count). The van der Waals surface area contributed by atoms with E-state index in [0.29, 0.717) is 28.0 Å². The summed E-state index contributed by atoms with van der Waals surface area (Å²) in [4.78, 5) is 30.2. The zero-order valence-corrected chi connectivity index (χ0v) is 17.4. The summed E-state index contributed by atoms with van der Waals surface area (Å²) in [5.74, 6) is 0.762. The lowest BCUT2D eigenvalue weighted by atomic mass is 10.2. The van der Waals surface area contributed by atoms with Gasteiger partial charge in [0.25, 0.3) is 0 Å². The molecule has 0 aliphatic rings. The summed E-state index contributed by atoms with van der Waals surface area (Å²) in [5, 5.41) is 6.22. The van der Waals surface area contributed by atoms with Crippen LogP contribution in [0.3, 0.4) is 0 Å². The predicted molar refractivity (Wildman–Crippen MR) is 115 cm³/mol. The van der Waals surface area contributed by atoms with Gasteiger partial charge in [0.05, 0.1) is 31.2 Å². The van der Waals surface area contributed by atoms with Crippen LogP contribution in [0.5, 0.6) is 11.5 Å². The van der Waals surface area contributed by atoms with Crippen molar-refractivity contribution in [3.05, 3.63) is 36.4 Å². The van der Waals surface area contributed by atoms with Crippen LogP contribution in [0.15, 0.2) is 36.4 Å². The first-order valence-corrected chi connectivity index (χ1v) is 9.63. The van der Waals surface area contributed by atoms with Gasteiger partial charge in [0, 0.05) is 19.7 Å². The largest absolute Gasteiger partial charge is 0.495 e. The Bertz CT molecular complexity index is 1050. The summed E-state index contributed by atoms with van der Waals surface area (Å²) in [7, 11) is 4.92. The second kappa shape index (κ2) is 8.78. The van der Waals surface area contributed by atoms with Gasteiger partial charge in [-0.25, -0.2) is 4.98 Å². The van der Waals surface area contributed by atoms with Crippen molar-refractivity contribution in [2.45, 2.75) is 6.92 Å². The van der Waals surface area contributed by atoms with Crippen molar-refractivity contribution < 1.29 is 19.1 Å². The van der Waals surface area contributed by atoms with Gasteiger partial charge < -0.3 is 25.0 Å². The second-order valence-electron chi connectivity index (χ2n) is 6.30. The van der Waals surface area contributed by atoms with Crippen molar-refractivity contribution in [2.24, 2.45) is 0 Å². The van der Waals surface area contributed by atoms with Crippen LogP contribution in [-0.2, 0) is 9.59 Å². The van der Waals surface area contributed by atoms with E-state index in [9.17, 15) is 9.59 Å². The lowest BCUT2D eigenvalue weighted by Crippen LogP contribution is -2.30. The topological polar surface area (TPSA) is 92.8 Å². The molecule has 1 heterocycles. The average molecular weight is 414 g/mol. The van der Waals surface area contributed by atoms with E-state index in [1.54, 1.807) is 37.3 Å². The number of carbonyl (C=O) groups excluding carboxylic acids is 2. The highest BCUT2D eigenvalue weighted by atomic mass is 32.1. The molecule has 0 bridgehead atoms. The first-order chi connectivity index (χ1) is 13.9. The molecule has 2 N–H and O–H groups in total. The molecule has 3 aromatic rings. The Morgan fingerprint density at radius 2 is 1.86 bits per heavy atom. The van der Waals surface area contributed by atoms with Crippen LogP contribution in [0.2, 0.25) is 0 Å². The molecule has 0 saturated heterocycles. The summed E-state index contributed by atoms with van der Waals surface area (Å²) in [6, 6.07) is 10.8. The number of methoxy groups -OCH3 is 2. The van der Waals surface area contributed by atoms with Crippen LogP contribution in [-0.4, -0.2) is 44.6 Å². The number of hydrogen-bond donors (Lipinski definition) is 2. The Hall–Kier alpha value is -3.33. The molecular formula is C20H22N4O4S. The number of amides is 2. The summed E-state index contributed by atoms with van der Waals surface area (Å²) >= 11 is 1.48. The van der Waals surface area contributed by atoms with E-state index in [1.165, 1.54) is 25.4 Å². The normalized spacial score (nSPS) is 10.5. The molecule has 0 atom stereocenters. The number of nitrogens with zero attached hydrogens (tertiary/aromatic N) is 2. The van der Waals surface area contributed by atoms with Crippen LogP contribution < -0.4 is 25.0 Å². The number of hydrogen-bond acceptors (Lipinski definition) is 7. The minimum atomic E-state index is -0.239. The maximum atomic E-state index is 12.6. The van der Waals surface area contributed by atoms with Crippen molar-refractivity contribution in [1.82, 2.24) is 4.98 Å². The summed E-state index contributed by atoms with van der Waals surface area (Å²) < 4.78 is 11.6. The summed E-state index contributed by atoms with van der Waals surface area (Å²) in [5.41, 5.74) is 1.82. The maximum absolute atomic E-state index is 12.6. The van der Waals surface area contributed by atoms with Gasteiger partial charge >= 0.3 is 0 Å². The van der Waals surface area contributed by atoms with Gasteiger partial charge in [-0.15, -0.1) is 0 Å². The Kier molecular flexibility index (Phi) is 6.18. The monoisotopic (exact) mass is 414 g/mol. The molecule has 1 aromatic heterocycles. The Morgan fingerprint density at radius 1 is 1.10 bits per heavy atom. The summed E-state index contributed by atoms with van der Waals surface area (Å²) in [6.45, 7) is 1.51. The highest BCUT2D eigenvalue weighted by Crippen LogP contribution is 2.33. The average Bonchev–Trinajstić information content (AvgIpc) is 3.12. The van der Waals surface area contributed by atoms with E-state index in [1.807, 2.05) is 18.2 Å². The fraction of sp³-hybridized carbons (Fsp3) is 0.250. The van der Waals surface area contributed by atoms with E-state index in [4.69, 9.17) is 9.47 Å². The van der Waals surface area contributed by atoms with E-state index in [0.717, 1.165) is 10.2 Å². The van der Waals surface area contributed by atoms with Gasteiger partial charge in [0.2, 0.25) is 11.8 Å². The number of rotatable bonds is 7. The zero-order chi connectivity index (χ0) is 21.0. The molecule has 2 amide bonds. The third-order valence-electron chi connectivity index (χ3n) is 4.09. The highest BCUT2D eigenvalue weighted by Gasteiger charge is 2.16. The molecule has 152 valence electrons. The van der Waals surface area contributed by atoms with Gasteiger partial charge in [-0.3, -0.25) is 9.59 Å². The first-order valence-electron chi connectivity index (χ1n) is 8.81.